The average molecular weight is 309 g/mol. The van der Waals surface area contributed by atoms with Gasteiger partial charge in [-0.3, -0.25) is 9.69 Å². The van der Waals surface area contributed by atoms with Crippen LogP contribution < -0.4 is 9.64 Å². The number of fused-ring (bicyclic) bond motifs is 2. The van der Waals surface area contributed by atoms with Crippen LogP contribution in [-0.2, 0) is 14.3 Å². The summed E-state index contributed by atoms with van der Waals surface area (Å²) >= 11 is 0. The van der Waals surface area contributed by atoms with Gasteiger partial charge in [-0.15, -0.1) is 0 Å². The van der Waals surface area contributed by atoms with E-state index in [1.807, 2.05) is 30.3 Å². The number of ether oxygens (including phenoxy) is 2. The highest BCUT2D eigenvalue weighted by molar-refractivity contribution is 6.05. The monoisotopic (exact) mass is 309 g/mol. The molecule has 0 spiro atoms. The van der Waals surface area contributed by atoms with Crippen LogP contribution in [-0.4, -0.2) is 19.0 Å². The second kappa shape index (κ2) is 5.96. The standard InChI is InChI=1S/C18H15NO4/c1-12(20)19-14-8-4-3-7-13(14)17(11-18(21)22-2)23-16-10-6-5-9-15(16)19/h3-11H,1-2H3. The van der Waals surface area contributed by atoms with E-state index >= 15 is 0 Å². The van der Waals surface area contributed by atoms with Crippen molar-refractivity contribution in [1.29, 1.82) is 0 Å². The second-order valence-corrected chi connectivity index (χ2v) is 4.97. The van der Waals surface area contributed by atoms with Crippen molar-refractivity contribution in [2.24, 2.45) is 0 Å². The number of nitrogens with zero attached hydrogens (tertiary/aromatic N) is 1. The Morgan fingerprint density at radius 1 is 1.04 bits per heavy atom. The van der Waals surface area contributed by atoms with Crippen molar-refractivity contribution in [3.63, 3.8) is 0 Å². The SMILES string of the molecule is COC(=O)C=C1Oc2ccccc2N(C(C)=O)c2ccccc21. The van der Waals surface area contributed by atoms with Crippen LogP contribution in [0.5, 0.6) is 5.75 Å². The number of methoxy groups -OCH3 is 1. The summed E-state index contributed by atoms with van der Waals surface area (Å²) in [5.74, 6) is 0.161. The molecule has 1 aliphatic rings. The molecule has 0 bridgehead atoms. The third-order valence-corrected chi connectivity index (χ3v) is 3.50. The van der Waals surface area contributed by atoms with Gasteiger partial charge in [0.25, 0.3) is 0 Å². The minimum Gasteiger partial charge on any atom is -0.466 e. The van der Waals surface area contributed by atoms with Crippen molar-refractivity contribution in [2.75, 3.05) is 12.0 Å². The first-order chi connectivity index (χ1) is 11.1. The van der Waals surface area contributed by atoms with Crippen molar-refractivity contribution in [1.82, 2.24) is 0 Å². The number of benzene rings is 2. The summed E-state index contributed by atoms with van der Waals surface area (Å²) in [5, 5.41) is 0. The van der Waals surface area contributed by atoms with Crippen molar-refractivity contribution >= 4 is 29.0 Å². The molecule has 5 heteroatoms. The number of amides is 1. The van der Waals surface area contributed by atoms with Gasteiger partial charge < -0.3 is 9.47 Å². The van der Waals surface area contributed by atoms with Gasteiger partial charge in [0.05, 0.1) is 24.6 Å². The zero-order chi connectivity index (χ0) is 16.4. The molecule has 1 amide bonds. The van der Waals surface area contributed by atoms with Crippen LogP contribution in [0, 0.1) is 0 Å². The van der Waals surface area contributed by atoms with Crippen molar-refractivity contribution < 1.29 is 19.1 Å². The first-order valence-corrected chi connectivity index (χ1v) is 7.08. The number of para-hydroxylation sites is 3. The molecule has 0 aromatic heterocycles. The smallest absolute Gasteiger partial charge is 0.334 e. The number of carbonyl (C=O) groups excluding carboxylic acids is 2. The van der Waals surface area contributed by atoms with E-state index in [2.05, 4.69) is 0 Å². The Bertz CT molecular complexity index is 810. The van der Waals surface area contributed by atoms with E-state index in [9.17, 15) is 9.59 Å². The molecule has 5 nitrogen and oxygen atoms in total. The first kappa shape index (κ1) is 14.8. The molecule has 0 saturated carbocycles. The van der Waals surface area contributed by atoms with E-state index in [-0.39, 0.29) is 5.91 Å². The molecule has 0 aliphatic carbocycles. The Morgan fingerprint density at radius 2 is 1.70 bits per heavy atom. The molecule has 0 atom stereocenters. The van der Waals surface area contributed by atoms with Gasteiger partial charge in [-0.2, -0.15) is 0 Å². The minimum atomic E-state index is -0.524. The molecule has 2 aromatic carbocycles. The molecule has 0 unspecified atom stereocenters. The molecule has 0 radical (unpaired) electrons. The Kier molecular flexibility index (Phi) is 3.85. The zero-order valence-electron chi connectivity index (χ0n) is 12.8. The Hall–Kier alpha value is -3.08. The maximum absolute atomic E-state index is 12.2. The lowest BCUT2D eigenvalue weighted by molar-refractivity contribution is -0.134. The molecule has 116 valence electrons. The second-order valence-electron chi connectivity index (χ2n) is 4.97. The highest BCUT2D eigenvalue weighted by Crippen LogP contribution is 2.42. The number of hydrogen-bond acceptors (Lipinski definition) is 4. The summed E-state index contributed by atoms with van der Waals surface area (Å²) < 4.78 is 10.6. The molecule has 23 heavy (non-hydrogen) atoms. The van der Waals surface area contributed by atoms with Gasteiger partial charge in [0.1, 0.15) is 5.76 Å². The predicted octanol–water partition coefficient (Wildman–Crippen LogP) is 3.28. The number of carbonyl (C=O) groups is 2. The van der Waals surface area contributed by atoms with Crippen molar-refractivity contribution in [2.45, 2.75) is 6.92 Å². The number of esters is 1. The van der Waals surface area contributed by atoms with Crippen LogP contribution in [0.25, 0.3) is 5.76 Å². The van der Waals surface area contributed by atoms with Gasteiger partial charge in [-0.1, -0.05) is 24.3 Å². The van der Waals surface area contributed by atoms with Crippen LogP contribution in [0.3, 0.4) is 0 Å². The van der Waals surface area contributed by atoms with Crippen LogP contribution in [0.15, 0.2) is 54.6 Å². The van der Waals surface area contributed by atoms with Crippen LogP contribution in [0.1, 0.15) is 12.5 Å². The van der Waals surface area contributed by atoms with Crippen LogP contribution >= 0.6 is 0 Å². The summed E-state index contributed by atoms with van der Waals surface area (Å²) in [6.45, 7) is 1.49. The van der Waals surface area contributed by atoms with Crippen LogP contribution in [0.4, 0.5) is 11.4 Å². The van der Waals surface area contributed by atoms with Crippen LogP contribution in [0.2, 0.25) is 0 Å². The van der Waals surface area contributed by atoms with E-state index < -0.39 is 5.97 Å². The summed E-state index contributed by atoms with van der Waals surface area (Å²) in [4.78, 5) is 25.5. The molecule has 0 N–H and O–H groups in total. The predicted molar refractivity (Wildman–Crippen MR) is 86.3 cm³/mol. The molecular weight excluding hydrogens is 294 g/mol. The fraction of sp³-hybridized carbons (Fsp3) is 0.111. The van der Waals surface area contributed by atoms with Gasteiger partial charge >= 0.3 is 5.97 Å². The summed E-state index contributed by atoms with van der Waals surface area (Å²) in [5.41, 5.74) is 1.92. The third kappa shape index (κ3) is 2.68. The van der Waals surface area contributed by atoms with Crippen molar-refractivity contribution in [3.8, 4) is 5.75 Å². The summed E-state index contributed by atoms with van der Waals surface area (Å²) in [6, 6.07) is 14.5. The van der Waals surface area contributed by atoms with Gasteiger partial charge in [0.15, 0.2) is 5.75 Å². The van der Waals surface area contributed by atoms with Gasteiger partial charge in [0.2, 0.25) is 5.91 Å². The normalized spacial score (nSPS) is 14.3. The number of anilines is 2. The topological polar surface area (TPSA) is 55.8 Å². The number of hydrogen-bond donors (Lipinski definition) is 0. The summed E-state index contributed by atoms with van der Waals surface area (Å²) in [6.07, 6.45) is 1.28. The van der Waals surface area contributed by atoms with Gasteiger partial charge in [-0.25, -0.2) is 4.79 Å². The van der Waals surface area contributed by atoms with E-state index in [4.69, 9.17) is 9.47 Å². The maximum atomic E-state index is 12.2. The molecular formula is C18H15NO4. The average Bonchev–Trinajstić information content (AvgIpc) is 2.69. The molecule has 0 saturated heterocycles. The number of rotatable bonds is 1. The van der Waals surface area contributed by atoms with E-state index in [1.165, 1.54) is 20.1 Å². The molecule has 0 fully saturated rings. The quantitative estimate of drug-likeness (QED) is 0.599. The van der Waals surface area contributed by atoms with Gasteiger partial charge in [0, 0.05) is 12.5 Å². The zero-order valence-corrected chi connectivity index (χ0v) is 12.8. The lowest BCUT2D eigenvalue weighted by Crippen LogP contribution is -2.23. The van der Waals surface area contributed by atoms with E-state index in [0.717, 1.165) is 0 Å². The maximum Gasteiger partial charge on any atom is 0.334 e. The van der Waals surface area contributed by atoms with E-state index in [0.29, 0.717) is 28.4 Å². The Labute approximate surface area is 133 Å². The van der Waals surface area contributed by atoms with Crippen molar-refractivity contribution in [3.05, 3.63) is 60.2 Å². The summed E-state index contributed by atoms with van der Waals surface area (Å²) in [7, 11) is 1.30. The molecule has 1 aliphatic heterocycles. The van der Waals surface area contributed by atoms with Gasteiger partial charge in [-0.05, 0) is 24.3 Å². The Morgan fingerprint density at radius 3 is 2.39 bits per heavy atom. The highest BCUT2D eigenvalue weighted by Gasteiger charge is 2.27. The molecule has 2 aromatic rings. The molecule has 3 rings (SSSR count). The molecule has 1 heterocycles. The first-order valence-electron chi connectivity index (χ1n) is 7.08. The third-order valence-electron chi connectivity index (χ3n) is 3.50. The Balaban J connectivity index is 2.29. The minimum absolute atomic E-state index is 0.146. The fourth-order valence-corrected chi connectivity index (χ4v) is 2.52. The lowest BCUT2D eigenvalue weighted by atomic mass is 10.1. The van der Waals surface area contributed by atoms with E-state index in [1.54, 1.807) is 23.1 Å². The lowest BCUT2D eigenvalue weighted by Gasteiger charge is -2.21. The fourth-order valence-electron chi connectivity index (χ4n) is 2.52. The highest BCUT2D eigenvalue weighted by atomic mass is 16.5. The largest absolute Gasteiger partial charge is 0.466 e.